The molecule has 1 saturated heterocycles. The van der Waals surface area contributed by atoms with Crippen LogP contribution in [0.1, 0.15) is 26.3 Å². The summed E-state index contributed by atoms with van der Waals surface area (Å²) in [5.41, 5.74) is 2.52. The Morgan fingerprint density at radius 2 is 1.70 bits per heavy atom. The van der Waals surface area contributed by atoms with Crippen LogP contribution in [0.25, 0.3) is 0 Å². The molecule has 1 aliphatic rings. The second-order valence-corrected chi connectivity index (χ2v) is 8.74. The topological polar surface area (TPSA) is 32.8 Å². The maximum Gasteiger partial charge on any atom is 0.260 e. The van der Waals surface area contributed by atoms with Crippen molar-refractivity contribution in [3.63, 3.8) is 0 Å². The Kier molecular flexibility index (Phi) is 6.10. The van der Waals surface area contributed by atoms with Crippen LogP contribution in [0.3, 0.4) is 0 Å². The number of hydrogen-bond acceptors (Lipinski definition) is 3. The first kappa shape index (κ1) is 19.7. The third kappa shape index (κ3) is 5.04. The molecule has 0 saturated carbocycles. The Morgan fingerprint density at radius 1 is 1.04 bits per heavy atom. The first-order chi connectivity index (χ1) is 12.8. The van der Waals surface area contributed by atoms with Crippen LogP contribution in [0.15, 0.2) is 53.0 Å². The van der Waals surface area contributed by atoms with Crippen LogP contribution in [0.2, 0.25) is 0 Å². The molecule has 1 amide bonds. The van der Waals surface area contributed by atoms with Crippen molar-refractivity contribution in [2.24, 2.45) is 0 Å². The molecule has 1 aliphatic heterocycles. The minimum atomic E-state index is 0.0366. The molecule has 144 valence electrons. The van der Waals surface area contributed by atoms with Crippen molar-refractivity contribution in [3.05, 3.63) is 58.6 Å². The van der Waals surface area contributed by atoms with Crippen LogP contribution in [0, 0.1) is 0 Å². The summed E-state index contributed by atoms with van der Waals surface area (Å²) in [5, 5.41) is 0. The Balaban J connectivity index is 1.52. The van der Waals surface area contributed by atoms with Crippen LogP contribution < -0.4 is 9.64 Å². The molecule has 2 aromatic rings. The van der Waals surface area contributed by atoms with E-state index < -0.39 is 0 Å². The Bertz CT molecular complexity index is 779. The molecule has 2 aromatic carbocycles. The molecule has 0 bridgehead atoms. The summed E-state index contributed by atoms with van der Waals surface area (Å²) >= 11 is 3.56. The highest BCUT2D eigenvalue weighted by atomic mass is 79.9. The summed E-state index contributed by atoms with van der Waals surface area (Å²) in [4.78, 5) is 16.7. The van der Waals surface area contributed by atoms with Gasteiger partial charge in [-0.15, -0.1) is 0 Å². The van der Waals surface area contributed by atoms with Gasteiger partial charge in [-0.05, 0) is 51.2 Å². The van der Waals surface area contributed by atoms with E-state index in [-0.39, 0.29) is 17.9 Å². The summed E-state index contributed by atoms with van der Waals surface area (Å²) in [6, 6.07) is 16.4. The van der Waals surface area contributed by atoms with Crippen molar-refractivity contribution < 1.29 is 9.53 Å². The van der Waals surface area contributed by atoms with E-state index in [1.165, 1.54) is 11.3 Å². The van der Waals surface area contributed by atoms with Gasteiger partial charge in [0.05, 0.1) is 4.47 Å². The first-order valence-electron chi connectivity index (χ1n) is 9.35. The summed E-state index contributed by atoms with van der Waals surface area (Å²) in [6.45, 7) is 9.73. The van der Waals surface area contributed by atoms with Gasteiger partial charge in [0.2, 0.25) is 0 Å². The SMILES string of the molecule is CC(C)(C)c1ccc(OCC(=O)N2CCN(c3ccccc3)CC2)c(Br)c1. The molecule has 0 radical (unpaired) electrons. The highest BCUT2D eigenvalue weighted by Gasteiger charge is 2.22. The second kappa shape index (κ2) is 8.34. The molecule has 27 heavy (non-hydrogen) atoms. The Hall–Kier alpha value is -2.01. The lowest BCUT2D eigenvalue weighted by Crippen LogP contribution is -2.50. The second-order valence-electron chi connectivity index (χ2n) is 7.89. The molecule has 0 atom stereocenters. The normalized spacial score (nSPS) is 15.0. The van der Waals surface area contributed by atoms with Gasteiger partial charge in [-0.2, -0.15) is 0 Å². The number of amides is 1. The number of benzene rings is 2. The van der Waals surface area contributed by atoms with Gasteiger partial charge in [-0.3, -0.25) is 4.79 Å². The van der Waals surface area contributed by atoms with Crippen LogP contribution in [0.5, 0.6) is 5.75 Å². The van der Waals surface area contributed by atoms with Gasteiger partial charge in [-0.25, -0.2) is 0 Å². The highest BCUT2D eigenvalue weighted by Crippen LogP contribution is 2.31. The maximum atomic E-state index is 12.5. The number of nitrogens with zero attached hydrogens (tertiary/aromatic N) is 2. The van der Waals surface area contributed by atoms with Gasteiger partial charge in [0, 0.05) is 31.9 Å². The molecular weight excluding hydrogens is 404 g/mol. The fraction of sp³-hybridized carbons (Fsp3) is 0.409. The molecular formula is C22H27BrN2O2. The zero-order chi connectivity index (χ0) is 19.4. The van der Waals surface area contributed by atoms with Gasteiger partial charge < -0.3 is 14.5 Å². The van der Waals surface area contributed by atoms with Crippen LogP contribution in [0.4, 0.5) is 5.69 Å². The highest BCUT2D eigenvalue weighted by molar-refractivity contribution is 9.10. The van der Waals surface area contributed by atoms with Crippen molar-refractivity contribution in [3.8, 4) is 5.75 Å². The zero-order valence-corrected chi connectivity index (χ0v) is 17.8. The van der Waals surface area contributed by atoms with Crippen LogP contribution >= 0.6 is 15.9 Å². The average molecular weight is 431 g/mol. The van der Waals surface area contributed by atoms with E-state index in [1.54, 1.807) is 0 Å². The number of hydrogen-bond donors (Lipinski definition) is 0. The minimum Gasteiger partial charge on any atom is -0.483 e. The fourth-order valence-electron chi connectivity index (χ4n) is 3.17. The fourth-order valence-corrected chi connectivity index (χ4v) is 3.66. The Labute approximate surface area is 170 Å². The molecule has 1 heterocycles. The Morgan fingerprint density at radius 3 is 2.30 bits per heavy atom. The van der Waals surface area contributed by atoms with Gasteiger partial charge in [0.1, 0.15) is 5.75 Å². The lowest BCUT2D eigenvalue weighted by molar-refractivity contribution is -0.133. The predicted molar refractivity (Wildman–Crippen MR) is 114 cm³/mol. The van der Waals surface area contributed by atoms with E-state index >= 15 is 0 Å². The third-order valence-corrected chi connectivity index (χ3v) is 5.52. The minimum absolute atomic E-state index is 0.0366. The number of carbonyl (C=O) groups is 1. The quantitative estimate of drug-likeness (QED) is 0.716. The molecule has 1 fully saturated rings. The summed E-state index contributed by atoms with van der Waals surface area (Å²) < 4.78 is 6.67. The van der Waals surface area contributed by atoms with Gasteiger partial charge in [0.25, 0.3) is 5.91 Å². The largest absolute Gasteiger partial charge is 0.483 e. The van der Waals surface area contributed by atoms with Gasteiger partial charge >= 0.3 is 0 Å². The third-order valence-electron chi connectivity index (χ3n) is 4.90. The van der Waals surface area contributed by atoms with E-state index in [0.717, 1.165) is 30.7 Å². The predicted octanol–water partition coefficient (Wildman–Crippen LogP) is 4.47. The molecule has 0 aromatic heterocycles. The van der Waals surface area contributed by atoms with E-state index in [4.69, 9.17) is 4.74 Å². The van der Waals surface area contributed by atoms with E-state index in [9.17, 15) is 4.79 Å². The molecule has 4 nitrogen and oxygen atoms in total. The van der Waals surface area contributed by atoms with Crippen molar-refractivity contribution in [2.75, 3.05) is 37.7 Å². The molecule has 0 aliphatic carbocycles. The number of anilines is 1. The van der Waals surface area contributed by atoms with E-state index in [2.05, 4.69) is 65.9 Å². The van der Waals surface area contributed by atoms with Crippen LogP contribution in [-0.4, -0.2) is 43.6 Å². The summed E-state index contributed by atoms with van der Waals surface area (Å²) in [5.74, 6) is 0.744. The van der Waals surface area contributed by atoms with Crippen molar-refractivity contribution in [2.45, 2.75) is 26.2 Å². The van der Waals surface area contributed by atoms with Gasteiger partial charge in [-0.1, -0.05) is 45.0 Å². The van der Waals surface area contributed by atoms with E-state index in [1.807, 2.05) is 29.2 Å². The van der Waals surface area contributed by atoms with E-state index in [0.29, 0.717) is 5.75 Å². The lowest BCUT2D eigenvalue weighted by Gasteiger charge is -2.36. The molecule has 0 unspecified atom stereocenters. The maximum absolute atomic E-state index is 12.5. The standard InChI is InChI=1S/C22H27BrN2O2/c1-22(2,3)17-9-10-20(19(23)15-17)27-16-21(26)25-13-11-24(12-14-25)18-7-5-4-6-8-18/h4-10,15H,11-14,16H2,1-3H3. The molecule has 5 heteroatoms. The lowest BCUT2D eigenvalue weighted by atomic mass is 9.87. The number of halogens is 1. The monoisotopic (exact) mass is 430 g/mol. The molecule has 0 spiro atoms. The number of carbonyl (C=O) groups excluding carboxylic acids is 1. The zero-order valence-electron chi connectivity index (χ0n) is 16.2. The number of rotatable bonds is 4. The van der Waals surface area contributed by atoms with Crippen LogP contribution in [-0.2, 0) is 10.2 Å². The number of piperazine rings is 1. The first-order valence-corrected chi connectivity index (χ1v) is 10.1. The molecule has 3 rings (SSSR count). The summed E-state index contributed by atoms with van der Waals surface area (Å²) in [6.07, 6.45) is 0. The smallest absolute Gasteiger partial charge is 0.260 e. The number of ether oxygens (including phenoxy) is 1. The molecule has 0 N–H and O–H groups in total. The van der Waals surface area contributed by atoms with Crippen molar-refractivity contribution in [1.29, 1.82) is 0 Å². The summed E-state index contributed by atoms with van der Waals surface area (Å²) in [7, 11) is 0. The van der Waals surface area contributed by atoms with Gasteiger partial charge in [0.15, 0.2) is 6.61 Å². The van der Waals surface area contributed by atoms with Crippen molar-refractivity contribution in [1.82, 2.24) is 4.90 Å². The average Bonchev–Trinajstić information content (AvgIpc) is 2.67. The van der Waals surface area contributed by atoms with Crippen molar-refractivity contribution >= 4 is 27.5 Å². The number of para-hydroxylation sites is 1.